The molecular formula is C19H25ClF2N5+. The molecule has 0 aromatic carbocycles. The van der Waals surface area contributed by atoms with Gasteiger partial charge >= 0.3 is 5.92 Å². The second-order valence-electron chi connectivity index (χ2n) is 6.27. The lowest BCUT2D eigenvalue weighted by Gasteiger charge is -2.23. The van der Waals surface area contributed by atoms with Crippen LogP contribution in [0.2, 0.25) is 5.15 Å². The summed E-state index contributed by atoms with van der Waals surface area (Å²) in [6.45, 7) is 4.36. The Hall–Kier alpha value is -2.12. The Morgan fingerprint density at radius 1 is 1.33 bits per heavy atom. The third-order valence-corrected chi connectivity index (χ3v) is 4.29. The summed E-state index contributed by atoms with van der Waals surface area (Å²) in [5, 5.41) is 0.356. The van der Waals surface area contributed by atoms with Crippen molar-refractivity contribution in [2.75, 3.05) is 26.2 Å². The van der Waals surface area contributed by atoms with Crippen molar-refractivity contribution in [2.45, 2.75) is 26.2 Å². The fraction of sp³-hybridized carbons (Fsp3) is 0.421. The molecule has 0 aliphatic rings. The molecule has 0 aliphatic carbocycles. The van der Waals surface area contributed by atoms with Crippen LogP contribution in [0, 0.1) is 0 Å². The van der Waals surface area contributed by atoms with Crippen LogP contribution in [0.4, 0.5) is 8.78 Å². The number of allylic oxidation sites excluding steroid dienone is 1. The Bertz CT molecular complexity index is 823. The van der Waals surface area contributed by atoms with E-state index < -0.39 is 12.5 Å². The second-order valence-corrected chi connectivity index (χ2v) is 6.66. The predicted octanol–water partition coefficient (Wildman–Crippen LogP) is 2.10. The lowest BCUT2D eigenvalue weighted by molar-refractivity contribution is -0.480. The molecule has 0 amide bonds. The first-order chi connectivity index (χ1) is 12.9. The van der Waals surface area contributed by atoms with E-state index in [-0.39, 0.29) is 6.54 Å². The van der Waals surface area contributed by atoms with Gasteiger partial charge in [-0.2, -0.15) is 8.78 Å². The van der Waals surface area contributed by atoms with Crippen LogP contribution in [-0.4, -0.2) is 53.2 Å². The summed E-state index contributed by atoms with van der Waals surface area (Å²) in [6.07, 6.45) is 5.27. The fourth-order valence-corrected chi connectivity index (χ4v) is 2.88. The molecule has 0 spiro atoms. The number of hydrogen-bond acceptors (Lipinski definition) is 4. The topological polar surface area (TPSA) is 69.0 Å². The Kier molecular flexibility index (Phi) is 7.62. The van der Waals surface area contributed by atoms with Crippen LogP contribution in [0.1, 0.15) is 25.8 Å². The van der Waals surface area contributed by atoms with Crippen LogP contribution in [0.3, 0.4) is 0 Å². The minimum absolute atomic E-state index is 0.278. The van der Waals surface area contributed by atoms with Gasteiger partial charge in [0.15, 0.2) is 6.21 Å². The van der Waals surface area contributed by atoms with E-state index in [0.29, 0.717) is 40.4 Å². The smallest absolute Gasteiger partial charge is 0.317 e. The van der Waals surface area contributed by atoms with E-state index in [1.165, 1.54) is 12.4 Å². The molecular weight excluding hydrogens is 372 g/mol. The third kappa shape index (κ3) is 6.22. The molecule has 27 heavy (non-hydrogen) atoms. The highest BCUT2D eigenvalue weighted by molar-refractivity contribution is 6.29. The van der Waals surface area contributed by atoms with Gasteiger partial charge in [0.1, 0.15) is 5.15 Å². The highest BCUT2D eigenvalue weighted by Gasteiger charge is 2.33. The molecule has 2 aromatic heterocycles. The molecule has 2 rings (SSSR count). The minimum Gasteiger partial charge on any atom is -0.404 e. The Morgan fingerprint density at radius 2 is 2.11 bits per heavy atom. The van der Waals surface area contributed by atoms with E-state index in [4.69, 9.17) is 17.3 Å². The maximum atomic E-state index is 14.2. The normalized spacial score (nSPS) is 13.2. The van der Waals surface area contributed by atoms with Crippen molar-refractivity contribution in [1.82, 2.24) is 14.9 Å². The van der Waals surface area contributed by atoms with Crippen LogP contribution < -0.4 is 10.7 Å². The zero-order chi connectivity index (χ0) is 19.9. The standard InChI is InChI=1S/C19H24ClF2N5/c1-3-7-27(4-2)13-19(21,22)12-24-10-15(9-23)14-8-17-16(25-11-14)5-6-18(20)26-17/h5-6,8-11H,3-4,7,12-13,23H2,1-2H3/p+1. The van der Waals surface area contributed by atoms with Gasteiger partial charge in [0.2, 0.25) is 6.54 Å². The van der Waals surface area contributed by atoms with Crippen LogP contribution in [0.15, 0.2) is 30.6 Å². The molecule has 0 saturated heterocycles. The molecule has 0 fully saturated rings. The lowest BCUT2D eigenvalue weighted by Crippen LogP contribution is -2.74. The third-order valence-electron chi connectivity index (χ3n) is 4.08. The Balaban J connectivity index is 2.10. The number of fused-ring (bicyclic) bond motifs is 1. The summed E-state index contributed by atoms with van der Waals surface area (Å²) >= 11 is 5.91. The molecule has 2 heterocycles. The van der Waals surface area contributed by atoms with Crippen LogP contribution in [-0.2, 0) is 0 Å². The van der Waals surface area contributed by atoms with Crippen molar-refractivity contribution in [3.8, 4) is 0 Å². The fourth-order valence-electron chi connectivity index (χ4n) is 2.73. The second kappa shape index (κ2) is 9.71. The van der Waals surface area contributed by atoms with E-state index in [1.807, 2.05) is 13.8 Å². The summed E-state index contributed by atoms with van der Waals surface area (Å²) in [4.78, 5) is 12.9. The number of hydrogen-bond donors (Lipinski definition) is 2. The van der Waals surface area contributed by atoms with Gasteiger partial charge in [0, 0.05) is 18.0 Å². The largest absolute Gasteiger partial charge is 0.404 e. The van der Waals surface area contributed by atoms with Gasteiger partial charge in [-0.15, -0.1) is 0 Å². The summed E-state index contributed by atoms with van der Waals surface area (Å²) in [7, 11) is 0. The number of nitrogens with zero attached hydrogens (tertiary/aromatic N) is 3. The Labute approximate surface area is 163 Å². The first-order valence-electron chi connectivity index (χ1n) is 8.90. The van der Waals surface area contributed by atoms with Gasteiger partial charge in [-0.3, -0.25) is 9.88 Å². The molecule has 0 bridgehead atoms. The van der Waals surface area contributed by atoms with Gasteiger partial charge in [0.25, 0.3) is 0 Å². The zero-order valence-corrected chi connectivity index (χ0v) is 16.3. The quantitative estimate of drug-likeness (QED) is 0.503. The highest BCUT2D eigenvalue weighted by Crippen LogP contribution is 2.18. The maximum absolute atomic E-state index is 14.2. The Morgan fingerprint density at radius 3 is 2.78 bits per heavy atom. The van der Waals surface area contributed by atoms with Crippen molar-refractivity contribution >= 4 is 34.4 Å². The predicted molar refractivity (Wildman–Crippen MR) is 106 cm³/mol. The maximum Gasteiger partial charge on any atom is 0.317 e. The monoisotopic (exact) mass is 396 g/mol. The molecule has 0 saturated carbocycles. The average Bonchev–Trinajstić information content (AvgIpc) is 2.64. The SMILES string of the molecule is CCCN(CC)CC(F)(F)C[NH+]=CC(=CN)c1cnc2ccc(Cl)nc2c1. The minimum atomic E-state index is -2.85. The van der Waals surface area contributed by atoms with Gasteiger partial charge < -0.3 is 5.73 Å². The van der Waals surface area contributed by atoms with Gasteiger partial charge in [-0.1, -0.05) is 25.4 Å². The van der Waals surface area contributed by atoms with Crippen molar-refractivity contribution in [3.63, 3.8) is 0 Å². The van der Waals surface area contributed by atoms with Crippen LogP contribution >= 0.6 is 11.6 Å². The molecule has 0 unspecified atom stereocenters. The molecule has 0 atom stereocenters. The van der Waals surface area contributed by atoms with Gasteiger partial charge in [0.05, 0.1) is 23.2 Å². The number of aromatic nitrogens is 2. The van der Waals surface area contributed by atoms with Crippen molar-refractivity contribution in [3.05, 3.63) is 41.3 Å². The van der Waals surface area contributed by atoms with Gasteiger partial charge in [-0.25, -0.2) is 9.98 Å². The van der Waals surface area contributed by atoms with Crippen molar-refractivity contribution in [1.29, 1.82) is 0 Å². The zero-order valence-electron chi connectivity index (χ0n) is 15.6. The molecule has 0 aliphatic heterocycles. The molecule has 8 heteroatoms. The van der Waals surface area contributed by atoms with E-state index >= 15 is 0 Å². The number of nitrogens with two attached hydrogens (primary N) is 1. The molecule has 146 valence electrons. The summed E-state index contributed by atoms with van der Waals surface area (Å²) < 4.78 is 28.4. The van der Waals surface area contributed by atoms with E-state index in [0.717, 1.165) is 6.42 Å². The van der Waals surface area contributed by atoms with Crippen LogP contribution in [0.25, 0.3) is 16.6 Å². The number of pyridine rings is 2. The van der Waals surface area contributed by atoms with E-state index in [2.05, 4.69) is 15.0 Å². The number of rotatable bonds is 9. The lowest BCUT2D eigenvalue weighted by atomic mass is 10.1. The molecule has 3 N–H and O–H groups in total. The first kappa shape index (κ1) is 21.2. The number of nitrogens with one attached hydrogen (secondary N) is 1. The summed E-state index contributed by atoms with van der Waals surface area (Å²) in [5.74, 6) is -2.85. The van der Waals surface area contributed by atoms with Gasteiger partial charge in [-0.05, 0) is 37.7 Å². The first-order valence-corrected chi connectivity index (χ1v) is 9.27. The molecule has 0 radical (unpaired) electrons. The molecule has 2 aromatic rings. The van der Waals surface area contributed by atoms with E-state index in [9.17, 15) is 8.78 Å². The number of halogens is 3. The summed E-state index contributed by atoms with van der Waals surface area (Å²) in [6, 6.07) is 5.19. The average molecular weight is 397 g/mol. The van der Waals surface area contributed by atoms with Crippen LogP contribution in [0.5, 0.6) is 0 Å². The van der Waals surface area contributed by atoms with Crippen molar-refractivity contribution < 1.29 is 13.8 Å². The van der Waals surface area contributed by atoms with Crippen molar-refractivity contribution in [2.24, 2.45) is 5.73 Å². The van der Waals surface area contributed by atoms with E-state index in [1.54, 1.807) is 29.3 Å². The molecule has 5 nitrogen and oxygen atoms in total. The highest BCUT2D eigenvalue weighted by atomic mass is 35.5. The summed E-state index contributed by atoms with van der Waals surface area (Å²) in [5.41, 5.74) is 8.17. The number of alkyl halides is 2.